The topological polar surface area (TPSA) is 12.5 Å². The first kappa shape index (κ1) is 14.8. The quantitative estimate of drug-likeness (QED) is 0.833. The highest BCUT2D eigenvalue weighted by molar-refractivity contribution is 9.10. The maximum atomic E-state index is 5.93. The molecule has 3 heteroatoms. The molecule has 1 fully saturated rings. The van der Waals surface area contributed by atoms with Gasteiger partial charge in [-0.15, -0.1) is 0 Å². The van der Waals surface area contributed by atoms with Crippen molar-refractivity contribution in [2.45, 2.75) is 19.1 Å². The number of benzene rings is 2. The van der Waals surface area contributed by atoms with Gasteiger partial charge in [-0.1, -0.05) is 58.4 Å². The third-order valence-electron chi connectivity index (χ3n) is 3.82. The first-order valence-corrected chi connectivity index (χ1v) is 8.21. The number of hydrogen-bond acceptors (Lipinski definition) is 2. The zero-order chi connectivity index (χ0) is 14.5. The van der Waals surface area contributed by atoms with Crippen molar-refractivity contribution in [1.29, 1.82) is 0 Å². The highest BCUT2D eigenvalue weighted by Crippen LogP contribution is 2.17. The fourth-order valence-electron chi connectivity index (χ4n) is 2.82. The Hall–Kier alpha value is -1.16. The van der Waals surface area contributed by atoms with Crippen molar-refractivity contribution < 1.29 is 4.74 Å². The lowest BCUT2D eigenvalue weighted by Crippen LogP contribution is -2.42. The smallest absolute Gasteiger partial charge is 0.0743 e. The Balaban J connectivity index is 1.58. The number of hydrogen-bond donors (Lipinski definition) is 0. The van der Waals surface area contributed by atoms with Crippen molar-refractivity contribution in [3.05, 3.63) is 70.2 Å². The summed E-state index contributed by atoms with van der Waals surface area (Å²) in [6.07, 6.45) is 1.27. The van der Waals surface area contributed by atoms with E-state index >= 15 is 0 Å². The predicted molar refractivity (Wildman–Crippen MR) is 89.3 cm³/mol. The molecule has 0 saturated carbocycles. The van der Waals surface area contributed by atoms with Gasteiger partial charge >= 0.3 is 0 Å². The molecule has 1 saturated heterocycles. The molecule has 1 aliphatic rings. The van der Waals surface area contributed by atoms with Gasteiger partial charge < -0.3 is 4.74 Å². The maximum absolute atomic E-state index is 5.93. The SMILES string of the molecule is Brc1cccc(C[C@@H]2CN(Cc3ccccc3)CCO2)c1. The van der Waals surface area contributed by atoms with Gasteiger partial charge in [0.05, 0.1) is 12.7 Å². The van der Waals surface area contributed by atoms with Crippen LogP contribution in [0.2, 0.25) is 0 Å². The Morgan fingerprint density at radius 1 is 1.05 bits per heavy atom. The summed E-state index contributed by atoms with van der Waals surface area (Å²) in [5.74, 6) is 0. The molecule has 1 atom stereocenters. The van der Waals surface area contributed by atoms with Gasteiger partial charge in [-0.05, 0) is 29.7 Å². The van der Waals surface area contributed by atoms with Crippen molar-refractivity contribution in [2.24, 2.45) is 0 Å². The first-order valence-electron chi connectivity index (χ1n) is 7.42. The van der Waals surface area contributed by atoms with Crippen LogP contribution >= 0.6 is 15.9 Å². The zero-order valence-electron chi connectivity index (χ0n) is 12.0. The predicted octanol–water partition coefficient (Wildman–Crippen LogP) is 3.89. The fourth-order valence-corrected chi connectivity index (χ4v) is 3.26. The van der Waals surface area contributed by atoms with Crippen molar-refractivity contribution in [3.8, 4) is 0 Å². The highest BCUT2D eigenvalue weighted by Gasteiger charge is 2.20. The van der Waals surface area contributed by atoms with E-state index in [1.807, 2.05) is 0 Å². The van der Waals surface area contributed by atoms with Crippen LogP contribution in [-0.4, -0.2) is 30.7 Å². The fraction of sp³-hybridized carbons (Fsp3) is 0.333. The van der Waals surface area contributed by atoms with E-state index in [2.05, 4.69) is 75.4 Å². The van der Waals surface area contributed by atoms with Gasteiger partial charge in [0.15, 0.2) is 0 Å². The minimum atomic E-state index is 0.289. The average molecular weight is 346 g/mol. The van der Waals surface area contributed by atoms with Gasteiger partial charge in [0.1, 0.15) is 0 Å². The zero-order valence-corrected chi connectivity index (χ0v) is 13.6. The van der Waals surface area contributed by atoms with Crippen LogP contribution in [0.1, 0.15) is 11.1 Å². The van der Waals surface area contributed by atoms with Gasteiger partial charge in [0, 0.05) is 24.1 Å². The molecule has 3 rings (SSSR count). The standard InChI is InChI=1S/C18H20BrNO/c19-17-8-4-7-16(11-17)12-18-14-20(9-10-21-18)13-15-5-2-1-3-6-15/h1-8,11,18H,9-10,12-14H2/t18-/m1/s1. The van der Waals surface area contributed by atoms with E-state index in [-0.39, 0.29) is 6.10 Å². The van der Waals surface area contributed by atoms with Crippen LogP contribution in [0.3, 0.4) is 0 Å². The van der Waals surface area contributed by atoms with E-state index in [9.17, 15) is 0 Å². The van der Waals surface area contributed by atoms with Gasteiger partial charge in [-0.3, -0.25) is 4.90 Å². The molecule has 0 aliphatic carbocycles. The van der Waals surface area contributed by atoms with E-state index in [0.717, 1.165) is 37.1 Å². The second-order valence-electron chi connectivity index (χ2n) is 5.55. The van der Waals surface area contributed by atoms with Crippen molar-refractivity contribution in [1.82, 2.24) is 4.90 Å². The Morgan fingerprint density at radius 2 is 1.86 bits per heavy atom. The second-order valence-corrected chi connectivity index (χ2v) is 6.46. The Kier molecular flexibility index (Phi) is 5.07. The summed E-state index contributed by atoms with van der Waals surface area (Å²) in [5, 5.41) is 0. The van der Waals surface area contributed by atoms with Gasteiger partial charge in [-0.25, -0.2) is 0 Å². The molecule has 0 aromatic heterocycles. The number of morpholine rings is 1. The van der Waals surface area contributed by atoms with Crippen LogP contribution in [0.15, 0.2) is 59.1 Å². The Morgan fingerprint density at radius 3 is 2.67 bits per heavy atom. The Bertz CT molecular complexity index is 572. The van der Waals surface area contributed by atoms with E-state index in [4.69, 9.17) is 4.74 Å². The average Bonchev–Trinajstić information content (AvgIpc) is 2.49. The summed E-state index contributed by atoms with van der Waals surface area (Å²) < 4.78 is 7.07. The van der Waals surface area contributed by atoms with E-state index in [1.54, 1.807) is 0 Å². The van der Waals surface area contributed by atoms with Crippen molar-refractivity contribution >= 4 is 15.9 Å². The first-order chi connectivity index (χ1) is 10.3. The number of ether oxygens (including phenoxy) is 1. The molecule has 2 aromatic carbocycles. The molecule has 2 nitrogen and oxygen atoms in total. The lowest BCUT2D eigenvalue weighted by atomic mass is 10.1. The van der Waals surface area contributed by atoms with Crippen LogP contribution in [0.4, 0.5) is 0 Å². The van der Waals surface area contributed by atoms with Crippen LogP contribution < -0.4 is 0 Å². The molecule has 0 bridgehead atoms. The molecule has 2 aromatic rings. The number of nitrogens with zero attached hydrogens (tertiary/aromatic N) is 1. The summed E-state index contributed by atoms with van der Waals surface area (Å²) in [6.45, 7) is 3.86. The minimum absolute atomic E-state index is 0.289. The minimum Gasteiger partial charge on any atom is -0.375 e. The number of rotatable bonds is 4. The lowest BCUT2D eigenvalue weighted by molar-refractivity contribution is -0.0305. The summed E-state index contributed by atoms with van der Waals surface area (Å²) in [6, 6.07) is 19.2. The molecule has 21 heavy (non-hydrogen) atoms. The van der Waals surface area contributed by atoms with E-state index < -0.39 is 0 Å². The van der Waals surface area contributed by atoms with Crippen LogP contribution in [0, 0.1) is 0 Å². The van der Waals surface area contributed by atoms with E-state index in [0.29, 0.717) is 0 Å². The van der Waals surface area contributed by atoms with Gasteiger partial charge in [0.25, 0.3) is 0 Å². The molecule has 0 radical (unpaired) electrons. The second kappa shape index (κ2) is 7.21. The highest BCUT2D eigenvalue weighted by atomic mass is 79.9. The van der Waals surface area contributed by atoms with Crippen LogP contribution in [0.25, 0.3) is 0 Å². The van der Waals surface area contributed by atoms with Gasteiger partial charge in [0.2, 0.25) is 0 Å². The van der Waals surface area contributed by atoms with Crippen molar-refractivity contribution in [3.63, 3.8) is 0 Å². The molecule has 0 amide bonds. The Labute approximate surface area is 134 Å². The molecular formula is C18H20BrNO. The summed E-state index contributed by atoms with van der Waals surface area (Å²) in [7, 11) is 0. The third-order valence-corrected chi connectivity index (χ3v) is 4.32. The number of halogens is 1. The van der Waals surface area contributed by atoms with Crippen LogP contribution in [-0.2, 0) is 17.7 Å². The summed E-state index contributed by atoms with van der Waals surface area (Å²) >= 11 is 3.53. The van der Waals surface area contributed by atoms with Crippen LogP contribution in [0.5, 0.6) is 0 Å². The largest absolute Gasteiger partial charge is 0.375 e. The summed E-state index contributed by atoms with van der Waals surface area (Å²) in [4.78, 5) is 2.49. The molecule has 0 spiro atoms. The normalized spacial score (nSPS) is 19.6. The maximum Gasteiger partial charge on any atom is 0.0743 e. The molecule has 1 aliphatic heterocycles. The third kappa shape index (κ3) is 4.40. The lowest BCUT2D eigenvalue weighted by Gasteiger charge is -2.33. The van der Waals surface area contributed by atoms with E-state index in [1.165, 1.54) is 11.1 Å². The molecular weight excluding hydrogens is 326 g/mol. The molecule has 0 unspecified atom stereocenters. The van der Waals surface area contributed by atoms with Gasteiger partial charge in [-0.2, -0.15) is 0 Å². The molecule has 0 N–H and O–H groups in total. The molecule has 110 valence electrons. The molecule has 1 heterocycles. The summed E-state index contributed by atoms with van der Waals surface area (Å²) in [5.41, 5.74) is 2.71. The monoisotopic (exact) mass is 345 g/mol. The van der Waals surface area contributed by atoms with Crippen molar-refractivity contribution in [2.75, 3.05) is 19.7 Å².